The van der Waals surface area contributed by atoms with Crippen LogP contribution in [0.5, 0.6) is 0 Å². The van der Waals surface area contributed by atoms with Gasteiger partial charge in [-0.2, -0.15) is 0 Å². The lowest BCUT2D eigenvalue weighted by molar-refractivity contribution is -0.121. The largest absolute Gasteiger partial charge is 0.373 e. The van der Waals surface area contributed by atoms with E-state index in [0.29, 0.717) is 26.4 Å². The van der Waals surface area contributed by atoms with E-state index in [2.05, 4.69) is 5.32 Å². The van der Waals surface area contributed by atoms with Crippen LogP contribution in [0.2, 0.25) is 20.1 Å². The summed E-state index contributed by atoms with van der Waals surface area (Å²) in [5, 5.41) is 4.42. The summed E-state index contributed by atoms with van der Waals surface area (Å²) in [7, 11) is 0. The van der Waals surface area contributed by atoms with Gasteiger partial charge in [0.1, 0.15) is 6.04 Å². The average Bonchev–Trinajstić information content (AvgIpc) is 2.78. The van der Waals surface area contributed by atoms with Gasteiger partial charge in [-0.15, -0.1) is 0 Å². The summed E-state index contributed by atoms with van der Waals surface area (Å²) in [6.07, 6.45) is 0.0119. The second-order valence-electron chi connectivity index (χ2n) is 5.19. The van der Waals surface area contributed by atoms with Gasteiger partial charge >= 0.3 is 0 Å². The monoisotopic (exact) mass is 402 g/mol. The molecule has 1 fully saturated rings. The number of carbonyl (C=O) groups excluding carboxylic acids is 2. The summed E-state index contributed by atoms with van der Waals surface area (Å²) in [5.74, 6) is -0.739. The van der Waals surface area contributed by atoms with Crippen LogP contribution in [-0.2, 0) is 9.59 Å². The normalized spacial score (nSPS) is 17.5. The first kappa shape index (κ1) is 17.4. The minimum atomic E-state index is -0.707. The van der Waals surface area contributed by atoms with E-state index in [9.17, 15) is 9.59 Å². The van der Waals surface area contributed by atoms with Crippen molar-refractivity contribution >= 4 is 69.6 Å². The molecule has 1 aliphatic rings. The van der Waals surface area contributed by atoms with E-state index in [0.717, 1.165) is 4.90 Å². The molecule has 0 bridgehead atoms. The van der Waals surface area contributed by atoms with Crippen molar-refractivity contribution in [3.05, 3.63) is 56.5 Å². The van der Waals surface area contributed by atoms with Crippen LogP contribution in [0.4, 0.5) is 11.4 Å². The maximum Gasteiger partial charge on any atom is 0.256 e. The maximum atomic E-state index is 12.6. The second-order valence-corrected chi connectivity index (χ2v) is 6.85. The van der Waals surface area contributed by atoms with Crippen LogP contribution in [0.15, 0.2) is 36.4 Å². The number of hydrogen-bond acceptors (Lipinski definition) is 3. The number of carbonyl (C=O) groups is 2. The fraction of sp³-hybridized carbons (Fsp3) is 0.125. The molecule has 0 unspecified atom stereocenters. The highest BCUT2D eigenvalue weighted by atomic mass is 35.5. The first-order valence-corrected chi connectivity index (χ1v) is 8.41. The predicted octanol–water partition coefficient (Wildman–Crippen LogP) is 5.04. The highest BCUT2D eigenvalue weighted by Gasteiger charge is 2.40. The number of hydrogen-bond donors (Lipinski definition) is 1. The van der Waals surface area contributed by atoms with E-state index < -0.39 is 11.9 Å². The molecule has 1 N–H and O–H groups in total. The van der Waals surface area contributed by atoms with Gasteiger partial charge in [0.25, 0.3) is 5.91 Å². The SMILES string of the molecule is O=C1C[C@H](Nc2ccc(Cl)c(Cl)c2)C(=O)N1c1ccc(Cl)cc1Cl. The van der Waals surface area contributed by atoms with Gasteiger partial charge in [-0.25, -0.2) is 4.90 Å². The highest BCUT2D eigenvalue weighted by Crippen LogP contribution is 2.33. The smallest absolute Gasteiger partial charge is 0.256 e. The topological polar surface area (TPSA) is 49.4 Å². The Bertz CT molecular complexity index is 841. The Morgan fingerprint density at radius 3 is 2.33 bits per heavy atom. The number of halogens is 4. The van der Waals surface area contributed by atoms with Crippen molar-refractivity contribution in [2.24, 2.45) is 0 Å². The molecule has 0 spiro atoms. The summed E-state index contributed by atoms with van der Waals surface area (Å²) in [5.41, 5.74) is 0.911. The number of rotatable bonds is 3. The minimum Gasteiger partial charge on any atom is -0.373 e. The van der Waals surface area contributed by atoms with E-state index in [1.807, 2.05) is 0 Å². The van der Waals surface area contributed by atoms with Crippen molar-refractivity contribution in [3.63, 3.8) is 0 Å². The van der Waals surface area contributed by atoms with Gasteiger partial charge in [0, 0.05) is 10.7 Å². The standard InChI is InChI=1S/C16H10Cl4N2O2/c17-8-1-4-14(12(20)5-8)22-15(23)7-13(16(22)24)21-9-2-3-10(18)11(19)6-9/h1-6,13,21H,7H2/t13-/m0/s1. The number of amides is 2. The molecule has 0 saturated carbocycles. The Morgan fingerprint density at radius 1 is 0.917 bits per heavy atom. The summed E-state index contributed by atoms with van der Waals surface area (Å²) >= 11 is 23.8. The fourth-order valence-corrected chi connectivity index (χ4v) is 3.24. The maximum absolute atomic E-state index is 12.6. The Hall–Kier alpha value is -1.46. The van der Waals surface area contributed by atoms with Crippen molar-refractivity contribution < 1.29 is 9.59 Å². The first-order chi connectivity index (χ1) is 11.4. The molecule has 4 nitrogen and oxygen atoms in total. The van der Waals surface area contributed by atoms with Gasteiger partial charge in [-0.1, -0.05) is 46.4 Å². The third-order valence-electron chi connectivity index (χ3n) is 3.56. The molecule has 2 amide bonds. The predicted molar refractivity (Wildman–Crippen MR) is 97.4 cm³/mol. The van der Waals surface area contributed by atoms with Crippen molar-refractivity contribution in [1.29, 1.82) is 0 Å². The summed E-state index contributed by atoms with van der Waals surface area (Å²) in [6, 6.07) is 8.79. The van der Waals surface area contributed by atoms with Crippen molar-refractivity contribution in [2.45, 2.75) is 12.5 Å². The van der Waals surface area contributed by atoms with E-state index in [1.54, 1.807) is 30.3 Å². The zero-order chi connectivity index (χ0) is 17.4. The van der Waals surface area contributed by atoms with Crippen LogP contribution in [0.3, 0.4) is 0 Å². The van der Waals surface area contributed by atoms with Crippen LogP contribution < -0.4 is 10.2 Å². The molecule has 2 aromatic carbocycles. The van der Waals surface area contributed by atoms with E-state index in [-0.39, 0.29) is 17.4 Å². The third-order valence-corrected chi connectivity index (χ3v) is 4.83. The van der Waals surface area contributed by atoms with Gasteiger partial charge in [0.15, 0.2) is 0 Å². The van der Waals surface area contributed by atoms with Crippen LogP contribution in [0.25, 0.3) is 0 Å². The molecule has 3 rings (SSSR count). The van der Waals surface area contributed by atoms with Gasteiger partial charge in [0.05, 0.1) is 27.2 Å². The minimum absolute atomic E-state index is 0.0119. The average molecular weight is 404 g/mol. The molecule has 0 radical (unpaired) electrons. The fourth-order valence-electron chi connectivity index (χ4n) is 2.45. The molecule has 124 valence electrons. The van der Waals surface area contributed by atoms with Crippen LogP contribution in [0, 0.1) is 0 Å². The third kappa shape index (κ3) is 3.33. The number of nitrogens with one attached hydrogen (secondary N) is 1. The lowest BCUT2D eigenvalue weighted by atomic mass is 10.2. The van der Waals surface area contributed by atoms with Crippen LogP contribution in [-0.4, -0.2) is 17.9 Å². The lowest BCUT2D eigenvalue weighted by Crippen LogP contribution is -2.35. The van der Waals surface area contributed by atoms with Crippen molar-refractivity contribution in [3.8, 4) is 0 Å². The summed E-state index contributed by atoms with van der Waals surface area (Å²) < 4.78 is 0. The van der Waals surface area contributed by atoms with Gasteiger partial charge in [0.2, 0.25) is 5.91 Å². The Kier molecular flexibility index (Phi) is 4.92. The Balaban J connectivity index is 1.84. The Labute approximate surface area is 158 Å². The molecule has 1 heterocycles. The van der Waals surface area contributed by atoms with E-state index in [4.69, 9.17) is 46.4 Å². The van der Waals surface area contributed by atoms with Gasteiger partial charge in [-0.3, -0.25) is 9.59 Å². The lowest BCUT2D eigenvalue weighted by Gasteiger charge is -2.17. The quantitative estimate of drug-likeness (QED) is 0.730. The number of anilines is 2. The van der Waals surface area contributed by atoms with Crippen molar-refractivity contribution in [2.75, 3.05) is 10.2 Å². The molecule has 1 aliphatic heterocycles. The molecule has 0 aliphatic carbocycles. The summed E-state index contributed by atoms with van der Waals surface area (Å²) in [4.78, 5) is 25.9. The second kappa shape index (κ2) is 6.81. The van der Waals surface area contributed by atoms with Gasteiger partial charge < -0.3 is 5.32 Å². The van der Waals surface area contributed by atoms with Crippen LogP contribution in [0.1, 0.15) is 6.42 Å². The molecule has 1 saturated heterocycles. The van der Waals surface area contributed by atoms with Crippen LogP contribution >= 0.6 is 46.4 Å². The molecule has 2 aromatic rings. The highest BCUT2D eigenvalue weighted by molar-refractivity contribution is 6.42. The van der Waals surface area contributed by atoms with E-state index in [1.165, 1.54) is 6.07 Å². The van der Waals surface area contributed by atoms with Crippen molar-refractivity contribution in [1.82, 2.24) is 0 Å². The zero-order valence-electron chi connectivity index (χ0n) is 12.0. The molecular weight excluding hydrogens is 394 g/mol. The summed E-state index contributed by atoms with van der Waals surface area (Å²) in [6.45, 7) is 0. The number of nitrogens with zero attached hydrogens (tertiary/aromatic N) is 1. The first-order valence-electron chi connectivity index (χ1n) is 6.90. The molecule has 8 heteroatoms. The molecule has 0 aromatic heterocycles. The number of benzene rings is 2. The molecular formula is C16H10Cl4N2O2. The van der Waals surface area contributed by atoms with E-state index >= 15 is 0 Å². The molecule has 24 heavy (non-hydrogen) atoms. The number of imide groups is 1. The Morgan fingerprint density at radius 2 is 1.67 bits per heavy atom. The van der Waals surface area contributed by atoms with Gasteiger partial charge in [-0.05, 0) is 36.4 Å². The zero-order valence-corrected chi connectivity index (χ0v) is 15.0. The molecule has 1 atom stereocenters.